The molecule has 0 spiro atoms. The molecule has 2 aromatic heterocycles. The van der Waals surface area contributed by atoms with Gasteiger partial charge in [0.2, 0.25) is 5.95 Å². The molecule has 9 heteroatoms. The van der Waals surface area contributed by atoms with Crippen molar-refractivity contribution in [3.05, 3.63) is 10.4 Å². The van der Waals surface area contributed by atoms with Gasteiger partial charge in [0.1, 0.15) is 0 Å². The molecule has 0 amide bonds. The van der Waals surface area contributed by atoms with Gasteiger partial charge < -0.3 is 10.8 Å². The Morgan fingerprint density at radius 3 is 3.00 bits per heavy atom. The van der Waals surface area contributed by atoms with Crippen LogP contribution in [0.25, 0.3) is 11.2 Å². The highest BCUT2D eigenvalue weighted by atomic mass is 16.4. The summed E-state index contributed by atoms with van der Waals surface area (Å²) in [6.07, 6.45) is -0.132. The molecule has 0 aromatic carbocycles. The molecule has 0 unspecified atom stereocenters. The molecule has 2 aromatic rings. The number of aryl methyl sites for hydroxylation is 1. The third-order valence-corrected chi connectivity index (χ3v) is 1.93. The van der Waals surface area contributed by atoms with Crippen molar-refractivity contribution in [2.45, 2.75) is 13.0 Å². The van der Waals surface area contributed by atoms with E-state index in [1.807, 2.05) is 0 Å². The van der Waals surface area contributed by atoms with Gasteiger partial charge in [0.05, 0.1) is 13.0 Å². The number of hydrogen-bond acceptors (Lipinski definition) is 6. The molecular formula is C7H8N6O3. The van der Waals surface area contributed by atoms with E-state index in [4.69, 9.17) is 10.8 Å². The quantitative estimate of drug-likeness (QED) is 0.580. The second kappa shape index (κ2) is 3.61. The molecule has 0 aliphatic carbocycles. The number of carbonyl (C=O) groups is 1. The van der Waals surface area contributed by atoms with Gasteiger partial charge in [0.25, 0.3) is 5.56 Å². The fourth-order valence-electron chi connectivity index (χ4n) is 1.24. The molecule has 0 bridgehead atoms. The summed E-state index contributed by atoms with van der Waals surface area (Å²) in [7, 11) is 0. The number of carboxylic acid groups (broad SMARTS) is 1. The first kappa shape index (κ1) is 10.1. The van der Waals surface area contributed by atoms with Crippen LogP contribution in [-0.2, 0) is 11.3 Å². The lowest BCUT2D eigenvalue weighted by Crippen LogP contribution is -2.13. The summed E-state index contributed by atoms with van der Waals surface area (Å²) in [6.45, 7) is 0.0850. The van der Waals surface area contributed by atoms with E-state index in [0.29, 0.717) is 0 Å². The Labute approximate surface area is 87.9 Å². The normalized spacial score (nSPS) is 10.8. The number of aromatic nitrogens is 5. The number of nitrogen functional groups attached to an aromatic ring is 1. The van der Waals surface area contributed by atoms with Crippen molar-refractivity contribution < 1.29 is 9.90 Å². The first-order valence-electron chi connectivity index (χ1n) is 4.38. The van der Waals surface area contributed by atoms with E-state index in [9.17, 15) is 9.59 Å². The fourth-order valence-corrected chi connectivity index (χ4v) is 1.24. The number of anilines is 1. The van der Waals surface area contributed by atoms with Crippen molar-refractivity contribution >= 4 is 23.1 Å². The standard InChI is InChI=1S/C7H8N6O3/c8-7-9-5-4(6(16)10-7)11-12-13(5)2-1-3(14)15/h1-2H2,(H,14,15)(H3,8,9,10,16). The summed E-state index contributed by atoms with van der Waals surface area (Å²) in [6, 6.07) is 0. The Bertz CT molecular complexity index is 600. The minimum atomic E-state index is -0.971. The minimum absolute atomic E-state index is 0.0413. The van der Waals surface area contributed by atoms with E-state index in [1.54, 1.807) is 0 Å². The first-order valence-corrected chi connectivity index (χ1v) is 4.38. The molecule has 9 nitrogen and oxygen atoms in total. The summed E-state index contributed by atoms with van der Waals surface area (Å²) in [4.78, 5) is 27.8. The second-order valence-corrected chi connectivity index (χ2v) is 3.08. The van der Waals surface area contributed by atoms with Gasteiger partial charge in [-0.3, -0.25) is 14.6 Å². The number of nitrogens with zero attached hydrogens (tertiary/aromatic N) is 4. The average molecular weight is 224 g/mol. The number of hydrogen-bond donors (Lipinski definition) is 3. The number of nitrogens with one attached hydrogen (secondary N) is 1. The molecular weight excluding hydrogens is 216 g/mol. The SMILES string of the molecule is Nc1nc2c(nnn2CCC(=O)O)c(=O)[nH]1. The third-order valence-electron chi connectivity index (χ3n) is 1.93. The molecule has 0 radical (unpaired) electrons. The third kappa shape index (κ3) is 1.69. The maximum atomic E-state index is 11.3. The minimum Gasteiger partial charge on any atom is -0.481 e. The van der Waals surface area contributed by atoms with E-state index in [2.05, 4.69) is 20.3 Å². The molecule has 0 saturated carbocycles. The number of H-pyrrole nitrogens is 1. The Hall–Kier alpha value is -2.45. The van der Waals surface area contributed by atoms with Crippen molar-refractivity contribution in [3.8, 4) is 0 Å². The summed E-state index contributed by atoms with van der Waals surface area (Å²) in [5.41, 5.74) is 5.08. The van der Waals surface area contributed by atoms with Gasteiger partial charge in [-0.2, -0.15) is 4.98 Å². The van der Waals surface area contributed by atoms with Crippen LogP contribution >= 0.6 is 0 Å². The van der Waals surface area contributed by atoms with Gasteiger partial charge in [0, 0.05) is 0 Å². The first-order chi connectivity index (χ1) is 7.58. The molecule has 0 saturated heterocycles. The maximum absolute atomic E-state index is 11.3. The molecule has 0 atom stereocenters. The Kier molecular flexibility index (Phi) is 2.27. The monoisotopic (exact) mass is 224 g/mol. The number of fused-ring (bicyclic) bond motifs is 1. The van der Waals surface area contributed by atoms with E-state index in [1.165, 1.54) is 4.68 Å². The van der Waals surface area contributed by atoms with Crippen molar-refractivity contribution in [2.24, 2.45) is 0 Å². The van der Waals surface area contributed by atoms with E-state index in [0.717, 1.165) is 0 Å². The topological polar surface area (TPSA) is 140 Å². The van der Waals surface area contributed by atoms with Crippen LogP contribution in [0, 0.1) is 0 Å². The van der Waals surface area contributed by atoms with Crippen LogP contribution in [-0.4, -0.2) is 36.0 Å². The van der Waals surface area contributed by atoms with Crippen molar-refractivity contribution in [3.63, 3.8) is 0 Å². The zero-order valence-electron chi connectivity index (χ0n) is 8.04. The molecule has 16 heavy (non-hydrogen) atoms. The van der Waals surface area contributed by atoms with Gasteiger partial charge in [0.15, 0.2) is 11.2 Å². The Morgan fingerprint density at radius 1 is 1.56 bits per heavy atom. The fraction of sp³-hybridized carbons (Fsp3) is 0.286. The highest BCUT2D eigenvalue weighted by Crippen LogP contribution is 2.04. The van der Waals surface area contributed by atoms with E-state index < -0.39 is 11.5 Å². The van der Waals surface area contributed by atoms with Crippen LogP contribution in [0.3, 0.4) is 0 Å². The molecule has 4 N–H and O–H groups in total. The van der Waals surface area contributed by atoms with Crippen molar-refractivity contribution in [1.29, 1.82) is 0 Å². The van der Waals surface area contributed by atoms with Gasteiger partial charge >= 0.3 is 5.97 Å². The lowest BCUT2D eigenvalue weighted by molar-refractivity contribution is -0.137. The number of carboxylic acids is 1. The highest BCUT2D eigenvalue weighted by Gasteiger charge is 2.11. The Balaban J connectivity index is 2.47. The zero-order chi connectivity index (χ0) is 11.7. The molecule has 2 heterocycles. The predicted octanol–water partition coefficient (Wildman–Crippen LogP) is -1.43. The highest BCUT2D eigenvalue weighted by molar-refractivity contribution is 5.70. The lowest BCUT2D eigenvalue weighted by Gasteiger charge is -1.98. The van der Waals surface area contributed by atoms with Crippen molar-refractivity contribution in [1.82, 2.24) is 25.0 Å². The van der Waals surface area contributed by atoms with E-state index in [-0.39, 0.29) is 30.1 Å². The van der Waals surface area contributed by atoms with Crippen molar-refractivity contribution in [2.75, 3.05) is 5.73 Å². The van der Waals surface area contributed by atoms with Gasteiger partial charge in [-0.1, -0.05) is 5.21 Å². The van der Waals surface area contributed by atoms with Crippen LogP contribution in [0.1, 0.15) is 6.42 Å². The average Bonchev–Trinajstić information content (AvgIpc) is 2.58. The molecule has 0 aliphatic rings. The number of aromatic amines is 1. The largest absolute Gasteiger partial charge is 0.481 e. The number of rotatable bonds is 3. The second-order valence-electron chi connectivity index (χ2n) is 3.08. The molecule has 84 valence electrons. The Morgan fingerprint density at radius 2 is 2.31 bits per heavy atom. The van der Waals surface area contributed by atoms with Gasteiger partial charge in [-0.15, -0.1) is 5.10 Å². The molecule has 2 rings (SSSR count). The summed E-state index contributed by atoms with van der Waals surface area (Å²) < 4.78 is 1.23. The molecule has 0 fully saturated rings. The van der Waals surface area contributed by atoms with Crippen LogP contribution in [0.5, 0.6) is 0 Å². The zero-order valence-corrected chi connectivity index (χ0v) is 8.04. The summed E-state index contributed by atoms with van der Waals surface area (Å²) >= 11 is 0. The van der Waals surface area contributed by atoms with Crippen LogP contribution in [0.2, 0.25) is 0 Å². The number of aliphatic carboxylic acids is 1. The van der Waals surface area contributed by atoms with Crippen LogP contribution in [0.4, 0.5) is 5.95 Å². The van der Waals surface area contributed by atoms with Crippen LogP contribution < -0.4 is 11.3 Å². The summed E-state index contributed by atoms with van der Waals surface area (Å²) in [5, 5.41) is 15.7. The van der Waals surface area contributed by atoms with Gasteiger partial charge in [-0.25, -0.2) is 4.68 Å². The van der Waals surface area contributed by atoms with E-state index >= 15 is 0 Å². The van der Waals surface area contributed by atoms with Crippen LogP contribution in [0.15, 0.2) is 4.79 Å². The van der Waals surface area contributed by atoms with Gasteiger partial charge in [-0.05, 0) is 0 Å². The lowest BCUT2D eigenvalue weighted by atomic mass is 10.4. The predicted molar refractivity (Wildman–Crippen MR) is 52.6 cm³/mol. The smallest absolute Gasteiger partial charge is 0.305 e. The summed E-state index contributed by atoms with van der Waals surface area (Å²) in [5.74, 6) is -1.03. The number of nitrogens with two attached hydrogens (primary N) is 1. The maximum Gasteiger partial charge on any atom is 0.305 e. The molecule has 0 aliphatic heterocycles.